The maximum absolute atomic E-state index is 9.46. The van der Waals surface area contributed by atoms with Gasteiger partial charge in [-0.05, 0) is 31.4 Å². The van der Waals surface area contributed by atoms with Gasteiger partial charge in [0, 0.05) is 12.6 Å². The summed E-state index contributed by atoms with van der Waals surface area (Å²) in [6, 6.07) is 6.83. The monoisotopic (exact) mass is 191 g/mol. The summed E-state index contributed by atoms with van der Waals surface area (Å²) in [4.78, 5) is 0. The van der Waals surface area contributed by atoms with Crippen LogP contribution in [0.5, 0.6) is 0 Å². The molecule has 0 amide bonds. The molecule has 1 aromatic carbocycles. The lowest BCUT2D eigenvalue weighted by atomic mass is 9.97. The maximum atomic E-state index is 9.46. The SMILES string of the molecule is Cc1ccc(C)c(C2CC(O)CN2)c1. The predicted molar refractivity (Wildman–Crippen MR) is 57.3 cm³/mol. The average molecular weight is 191 g/mol. The molecule has 2 rings (SSSR count). The molecular weight excluding hydrogens is 174 g/mol. The summed E-state index contributed by atoms with van der Waals surface area (Å²) in [5.74, 6) is 0. The number of aliphatic hydroxyl groups excluding tert-OH is 1. The zero-order valence-electron chi connectivity index (χ0n) is 8.75. The van der Waals surface area contributed by atoms with Crippen molar-refractivity contribution in [3.63, 3.8) is 0 Å². The Morgan fingerprint density at radius 3 is 2.79 bits per heavy atom. The molecule has 1 saturated heterocycles. The van der Waals surface area contributed by atoms with Crippen LogP contribution in [-0.2, 0) is 0 Å². The van der Waals surface area contributed by atoms with Crippen molar-refractivity contribution in [3.8, 4) is 0 Å². The quantitative estimate of drug-likeness (QED) is 0.708. The number of hydrogen-bond donors (Lipinski definition) is 2. The van der Waals surface area contributed by atoms with Crippen LogP contribution in [0.4, 0.5) is 0 Å². The topological polar surface area (TPSA) is 32.3 Å². The molecule has 2 heteroatoms. The summed E-state index contributed by atoms with van der Waals surface area (Å²) >= 11 is 0. The molecule has 1 heterocycles. The predicted octanol–water partition coefficient (Wildman–Crippen LogP) is 1.70. The van der Waals surface area contributed by atoms with E-state index >= 15 is 0 Å². The van der Waals surface area contributed by atoms with Gasteiger partial charge in [-0.2, -0.15) is 0 Å². The molecule has 76 valence electrons. The Morgan fingerprint density at radius 1 is 1.36 bits per heavy atom. The van der Waals surface area contributed by atoms with E-state index in [9.17, 15) is 5.11 Å². The van der Waals surface area contributed by atoms with E-state index in [1.165, 1.54) is 16.7 Å². The average Bonchev–Trinajstić information content (AvgIpc) is 2.56. The minimum Gasteiger partial charge on any atom is -0.392 e. The Labute approximate surface area is 85.0 Å². The van der Waals surface area contributed by atoms with Crippen molar-refractivity contribution in [2.45, 2.75) is 32.4 Å². The summed E-state index contributed by atoms with van der Waals surface area (Å²) < 4.78 is 0. The summed E-state index contributed by atoms with van der Waals surface area (Å²) in [7, 11) is 0. The summed E-state index contributed by atoms with van der Waals surface area (Å²) in [6.45, 7) is 4.95. The van der Waals surface area contributed by atoms with Crippen LogP contribution in [0.2, 0.25) is 0 Å². The van der Waals surface area contributed by atoms with Crippen molar-refractivity contribution in [2.75, 3.05) is 6.54 Å². The van der Waals surface area contributed by atoms with E-state index in [0.29, 0.717) is 6.04 Å². The van der Waals surface area contributed by atoms with Gasteiger partial charge in [0.2, 0.25) is 0 Å². The number of nitrogens with one attached hydrogen (secondary N) is 1. The molecule has 2 nitrogen and oxygen atoms in total. The molecule has 1 fully saturated rings. The van der Waals surface area contributed by atoms with E-state index in [4.69, 9.17) is 0 Å². The number of benzene rings is 1. The largest absolute Gasteiger partial charge is 0.392 e. The van der Waals surface area contributed by atoms with Gasteiger partial charge in [0.05, 0.1) is 6.10 Å². The van der Waals surface area contributed by atoms with Crippen LogP contribution in [0, 0.1) is 13.8 Å². The summed E-state index contributed by atoms with van der Waals surface area (Å²) in [5, 5.41) is 12.8. The van der Waals surface area contributed by atoms with Gasteiger partial charge in [-0.1, -0.05) is 23.8 Å². The molecule has 2 N–H and O–H groups in total. The molecule has 1 aromatic rings. The fourth-order valence-corrected chi connectivity index (χ4v) is 2.09. The zero-order valence-corrected chi connectivity index (χ0v) is 8.75. The normalized spacial score (nSPS) is 26.8. The van der Waals surface area contributed by atoms with E-state index in [1.807, 2.05) is 0 Å². The van der Waals surface area contributed by atoms with Crippen molar-refractivity contribution in [1.82, 2.24) is 5.32 Å². The fourth-order valence-electron chi connectivity index (χ4n) is 2.09. The van der Waals surface area contributed by atoms with Gasteiger partial charge in [-0.15, -0.1) is 0 Å². The van der Waals surface area contributed by atoms with Crippen LogP contribution in [0.25, 0.3) is 0 Å². The van der Waals surface area contributed by atoms with Crippen LogP contribution in [0.1, 0.15) is 29.2 Å². The summed E-state index contributed by atoms with van der Waals surface area (Å²) in [6.07, 6.45) is 0.657. The Morgan fingerprint density at radius 2 is 2.14 bits per heavy atom. The minimum atomic E-state index is -0.181. The second kappa shape index (κ2) is 3.71. The third-order valence-corrected chi connectivity index (χ3v) is 2.92. The van der Waals surface area contributed by atoms with Gasteiger partial charge < -0.3 is 10.4 Å². The van der Waals surface area contributed by atoms with Crippen LogP contribution in [0.15, 0.2) is 18.2 Å². The number of aryl methyl sites for hydroxylation is 2. The first kappa shape index (κ1) is 9.69. The Hall–Kier alpha value is -0.860. The highest BCUT2D eigenvalue weighted by Crippen LogP contribution is 2.26. The van der Waals surface area contributed by atoms with E-state index in [0.717, 1.165) is 13.0 Å². The first-order valence-corrected chi connectivity index (χ1v) is 5.15. The first-order valence-electron chi connectivity index (χ1n) is 5.15. The highest BCUT2D eigenvalue weighted by molar-refractivity contribution is 5.33. The third kappa shape index (κ3) is 1.81. The maximum Gasteiger partial charge on any atom is 0.0682 e. The van der Waals surface area contributed by atoms with Crippen molar-refractivity contribution in [2.24, 2.45) is 0 Å². The minimum absolute atomic E-state index is 0.181. The molecule has 0 spiro atoms. The third-order valence-electron chi connectivity index (χ3n) is 2.92. The number of rotatable bonds is 1. The van der Waals surface area contributed by atoms with E-state index in [1.54, 1.807) is 0 Å². The van der Waals surface area contributed by atoms with Crippen LogP contribution < -0.4 is 5.32 Å². The molecule has 14 heavy (non-hydrogen) atoms. The molecule has 0 aliphatic carbocycles. The van der Waals surface area contributed by atoms with Gasteiger partial charge in [0.1, 0.15) is 0 Å². The van der Waals surface area contributed by atoms with Crippen LogP contribution in [-0.4, -0.2) is 17.8 Å². The molecular formula is C12H17NO. The molecule has 0 bridgehead atoms. The number of aliphatic hydroxyl groups is 1. The molecule has 0 aromatic heterocycles. The Kier molecular flexibility index (Phi) is 2.57. The molecule has 0 saturated carbocycles. The van der Waals surface area contributed by atoms with Crippen LogP contribution >= 0.6 is 0 Å². The lowest BCUT2D eigenvalue weighted by molar-refractivity contribution is 0.193. The van der Waals surface area contributed by atoms with Gasteiger partial charge >= 0.3 is 0 Å². The highest BCUT2D eigenvalue weighted by atomic mass is 16.3. The van der Waals surface area contributed by atoms with E-state index in [2.05, 4.69) is 37.4 Å². The second-order valence-electron chi connectivity index (χ2n) is 4.21. The van der Waals surface area contributed by atoms with Gasteiger partial charge in [0.25, 0.3) is 0 Å². The number of hydrogen-bond acceptors (Lipinski definition) is 2. The first-order chi connectivity index (χ1) is 6.66. The zero-order chi connectivity index (χ0) is 10.1. The van der Waals surface area contributed by atoms with E-state index in [-0.39, 0.29) is 6.10 Å². The Balaban J connectivity index is 2.27. The smallest absolute Gasteiger partial charge is 0.0682 e. The fraction of sp³-hybridized carbons (Fsp3) is 0.500. The van der Waals surface area contributed by atoms with Gasteiger partial charge in [-0.25, -0.2) is 0 Å². The molecule has 1 aliphatic rings. The molecule has 1 aliphatic heterocycles. The molecule has 0 radical (unpaired) electrons. The lowest BCUT2D eigenvalue weighted by Crippen LogP contribution is -2.15. The van der Waals surface area contributed by atoms with Crippen molar-refractivity contribution in [3.05, 3.63) is 34.9 Å². The lowest BCUT2D eigenvalue weighted by Gasteiger charge is -2.14. The molecule has 2 unspecified atom stereocenters. The van der Waals surface area contributed by atoms with Crippen molar-refractivity contribution < 1.29 is 5.11 Å². The standard InChI is InChI=1S/C12H17NO/c1-8-3-4-9(2)11(5-8)12-6-10(14)7-13-12/h3-5,10,12-14H,6-7H2,1-2H3. The Bertz CT molecular complexity index is 335. The molecule has 2 atom stereocenters. The highest BCUT2D eigenvalue weighted by Gasteiger charge is 2.24. The summed E-state index contributed by atoms with van der Waals surface area (Å²) in [5.41, 5.74) is 3.93. The van der Waals surface area contributed by atoms with Crippen molar-refractivity contribution in [1.29, 1.82) is 0 Å². The van der Waals surface area contributed by atoms with Crippen molar-refractivity contribution >= 4 is 0 Å². The second-order valence-corrected chi connectivity index (χ2v) is 4.21. The van der Waals surface area contributed by atoms with Gasteiger partial charge in [0.15, 0.2) is 0 Å². The number of β-amino-alcohol motifs (C(OH)–C–C–N with tert-alkyl or cyclic N) is 1. The van der Waals surface area contributed by atoms with E-state index < -0.39 is 0 Å². The van der Waals surface area contributed by atoms with Crippen LogP contribution in [0.3, 0.4) is 0 Å². The van der Waals surface area contributed by atoms with Gasteiger partial charge in [-0.3, -0.25) is 0 Å².